The first-order chi connectivity index (χ1) is 8.63. The van der Waals surface area contributed by atoms with Gasteiger partial charge in [0.2, 0.25) is 5.78 Å². The Morgan fingerprint density at radius 3 is 2.44 bits per heavy atom. The van der Waals surface area contributed by atoms with E-state index in [0.29, 0.717) is 15.5 Å². The van der Waals surface area contributed by atoms with E-state index in [9.17, 15) is 4.79 Å². The molecule has 94 valence electrons. The highest BCUT2D eigenvalue weighted by Crippen LogP contribution is 2.29. The first-order valence-electron chi connectivity index (χ1n) is 6.00. The Morgan fingerprint density at radius 2 is 1.94 bits per heavy atom. The molecule has 0 saturated heterocycles. The fraction of sp³-hybridized carbons (Fsp3) is 0.267. The number of thiophene rings is 1. The van der Waals surface area contributed by atoms with Crippen molar-refractivity contribution in [3.63, 3.8) is 0 Å². The van der Waals surface area contributed by atoms with Crippen molar-refractivity contribution in [2.45, 2.75) is 26.7 Å². The summed E-state index contributed by atoms with van der Waals surface area (Å²) < 4.78 is 0. The molecule has 0 unspecified atom stereocenters. The maximum Gasteiger partial charge on any atom is 0.204 e. The second-order valence-corrected chi connectivity index (χ2v) is 5.60. The zero-order valence-corrected chi connectivity index (χ0v) is 12.1. The molecule has 0 atom stereocenters. The average Bonchev–Trinajstić information content (AvgIpc) is 2.71. The molecule has 2 aromatic rings. The minimum absolute atomic E-state index is 0.0150. The third-order valence-corrected chi connectivity index (χ3v) is 4.56. The predicted molar refractivity (Wildman–Crippen MR) is 77.9 cm³/mol. The molecule has 18 heavy (non-hydrogen) atoms. The maximum atomic E-state index is 12.3. The standard InChI is InChI=1S/C15H15ClOS/c1-3-4-11-5-7-12(8-6-11)14(17)15-13(16)10(2)9-18-15/h5-9H,3-4H2,1-2H3. The molecule has 0 aliphatic carbocycles. The van der Waals surface area contributed by atoms with E-state index < -0.39 is 0 Å². The van der Waals surface area contributed by atoms with Gasteiger partial charge in [0.15, 0.2) is 0 Å². The Morgan fingerprint density at radius 1 is 1.28 bits per heavy atom. The van der Waals surface area contributed by atoms with Crippen molar-refractivity contribution in [3.05, 3.63) is 56.2 Å². The fourth-order valence-electron chi connectivity index (χ4n) is 1.83. The van der Waals surface area contributed by atoms with Gasteiger partial charge >= 0.3 is 0 Å². The zero-order valence-electron chi connectivity index (χ0n) is 10.5. The van der Waals surface area contributed by atoms with Gasteiger partial charge in [-0.25, -0.2) is 0 Å². The normalized spacial score (nSPS) is 10.6. The second kappa shape index (κ2) is 5.68. The molecule has 0 N–H and O–H groups in total. The summed E-state index contributed by atoms with van der Waals surface area (Å²) in [5.74, 6) is 0.0150. The summed E-state index contributed by atoms with van der Waals surface area (Å²) >= 11 is 7.54. The van der Waals surface area contributed by atoms with E-state index in [1.807, 2.05) is 36.6 Å². The number of ketones is 1. The van der Waals surface area contributed by atoms with Crippen molar-refractivity contribution in [2.24, 2.45) is 0 Å². The van der Waals surface area contributed by atoms with E-state index in [4.69, 9.17) is 11.6 Å². The van der Waals surface area contributed by atoms with E-state index >= 15 is 0 Å². The Bertz CT molecular complexity index is 554. The SMILES string of the molecule is CCCc1ccc(C(=O)c2scc(C)c2Cl)cc1. The van der Waals surface area contributed by atoms with Crippen molar-refractivity contribution in [3.8, 4) is 0 Å². The lowest BCUT2D eigenvalue weighted by atomic mass is 10.0. The van der Waals surface area contributed by atoms with Crippen LogP contribution in [0, 0.1) is 6.92 Å². The summed E-state index contributed by atoms with van der Waals surface area (Å²) in [4.78, 5) is 12.9. The lowest BCUT2D eigenvalue weighted by molar-refractivity contribution is 0.104. The van der Waals surface area contributed by atoms with Crippen molar-refractivity contribution in [1.29, 1.82) is 0 Å². The Balaban J connectivity index is 2.26. The third kappa shape index (κ3) is 2.65. The Labute approximate surface area is 116 Å². The lowest BCUT2D eigenvalue weighted by Crippen LogP contribution is -1.99. The molecule has 0 radical (unpaired) electrons. The lowest BCUT2D eigenvalue weighted by Gasteiger charge is -2.02. The van der Waals surface area contributed by atoms with Gasteiger partial charge in [-0.2, -0.15) is 0 Å². The van der Waals surface area contributed by atoms with Gasteiger partial charge in [-0.3, -0.25) is 4.79 Å². The number of carbonyl (C=O) groups is 1. The summed E-state index contributed by atoms with van der Waals surface area (Å²) in [5.41, 5.74) is 2.94. The van der Waals surface area contributed by atoms with E-state index in [1.165, 1.54) is 16.9 Å². The Kier molecular flexibility index (Phi) is 4.20. The molecule has 0 fully saturated rings. The van der Waals surface area contributed by atoms with Crippen LogP contribution in [-0.4, -0.2) is 5.78 Å². The number of hydrogen-bond acceptors (Lipinski definition) is 2. The molecular weight excluding hydrogens is 264 g/mol. The summed E-state index contributed by atoms with van der Waals surface area (Å²) in [7, 11) is 0. The van der Waals surface area contributed by atoms with Crippen molar-refractivity contribution < 1.29 is 4.79 Å². The fourth-order valence-corrected chi connectivity index (χ4v) is 3.07. The van der Waals surface area contributed by atoms with Gasteiger partial charge in [0.25, 0.3) is 0 Å². The molecule has 2 rings (SSSR count). The monoisotopic (exact) mass is 278 g/mol. The van der Waals surface area contributed by atoms with Crippen LogP contribution < -0.4 is 0 Å². The van der Waals surface area contributed by atoms with Crippen LogP contribution in [0.25, 0.3) is 0 Å². The van der Waals surface area contributed by atoms with Crippen LogP contribution in [0.2, 0.25) is 5.02 Å². The Hall–Kier alpha value is -1.12. The predicted octanol–water partition coefficient (Wildman–Crippen LogP) is 4.89. The van der Waals surface area contributed by atoms with Crippen molar-refractivity contribution in [1.82, 2.24) is 0 Å². The maximum absolute atomic E-state index is 12.3. The molecule has 0 aliphatic rings. The van der Waals surface area contributed by atoms with Crippen LogP contribution in [0.1, 0.15) is 39.7 Å². The molecule has 0 bridgehead atoms. The summed E-state index contributed by atoms with van der Waals surface area (Å²) in [6, 6.07) is 7.81. The van der Waals surface area contributed by atoms with Gasteiger partial charge in [0.05, 0.1) is 9.90 Å². The highest BCUT2D eigenvalue weighted by molar-refractivity contribution is 7.13. The molecule has 3 heteroatoms. The molecule has 0 spiro atoms. The highest BCUT2D eigenvalue weighted by Gasteiger charge is 2.16. The first-order valence-corrected chi connectivity index (χ1v) is 7.26. The minimum atomic E-state index is 0.0150. The largest absolute Gasteiger partial charge is 0.288 e. The minimum Gasteiger partial charge on any atom is -0.288 e. The van der Waals surface area contributed by atoms with Crippen LogP contribution >= 0.6 is 22.9 Å². The quantitative estimate of drug-likeness (QED) is 0.728. The summed E-state index contributed by atoms with van der Waals surface area (Å²) in [6.07, 6.45) is 2.16. The van der Waals surface area contributed by atoms with Crippen LogP contribution in [0.15, 0.2) is 29.6 Å². The molecule has 0 amide bonds. The van der Waals surface area contributed by atoms with Gasteiger partial charge in [0, 0.05) is 5.56 Å². The number of rotatable bonds is 4. The smallest absolute Gasteiger partial charge is 0.204 e. The van der Waals surface area contributed by atoms with E-state index in [2.05, 4.69) is 6.92 Å². The topological polar surface area (TPSA) is 17.1 Å². The number of aryl methyl sites for hydroxylation is 2. The number of halogens is 1. The van der Waals surface area contributed by atoms with Crippen molar-refractivity contribution >= 4 is 28.7 Å². The van der Waals surface area contributed by atoms with E-state index in [0.717, 1.165) is 18.4 Å². The molecular formula is C15H15ClOS. The van der Waals surface area contributed by atoms with Gasteiger partial charge < -0.3 is 0 Å². The molecule has 1 nitrogen and oxygen atoms in total. The summed E-state index contributed by atoms with van der Waals surface area (Å²) in [5, 5.41) is 2.50. The molecule has 0 aliphatic heterocycles. The van der Waals surface area contributed by atoms with Gasteiger partial charge in [-0.1, -0.05) is 49.2 Å². The third-order valence-electron chi connectivity index (χ3n) is 2.86. The van der Waals surface area contributed by atoms with Crippen LogP contribution in [0.5, 0.6) is 0 Å². The van der Waals surface area contributed by atoms with Crippen LogP contribution in [0.4, 0.5) is 0 Å². The number of hydrogen-bond donors (Lipinski definition) is 0. The first kappa shape index (κ1) is 13.3. The van der Waals surface area contributed by atoms with Crippen LogP contribution in [0.3, 0.4) is 0 Å². The molecule has 1 aromatic carbocycles. The zero-order chi connectivity index (χ0) is 13.1. The molecule has 0 saturated carbocycles. The van der Waals surface area contributed by atoms with Gasteiger partial charge in [0.1, 0.15) is 0 Å². The highest BCUT2D eigenvalue weighted by atomic mass is 35.5. The van der Waals surface area contributed by atoms with Crippen molar-refractivity contribution in [2.75, 3.05) is 0 Å². The average molecular weight is 279 g/mol. The molecule has 1 heterocycles. The number of benzene rings is 1. The van der Waals surface area contributed by atoms with Crippen LogP contribution in [-0.2, 0) is 6.42 Å². The summed E-state index contributed by atoms with van der Waals surface area (Å²) in [6.45, 7) is 4.06. The van der Waals surface area contributed by atoms with E-state index in [1.54, 1.807) is 0 Å². The van der Waals surface area contributed by atoms with E-state index in [-0.39, 0.29) is 5.78 Å². The second-order valence-electron chi connectivity index (χ2n) is 4.34. The van der Waals surface area contributed by atoms with Gasteiger partial charge in [-0.05, 0) is 29.9 Å². The number of carbonyl (C=O) groups excluding carboxylic acids is 1. The van der Waals surface area contributed by atoms with Gasteiger partial charge in [-0.15, -0.1) is 11.3 Å². The molecule has 1 aromatic heterocycles.